The zero-order chi connectivity index (χ0) is 18.2. The molecule has 2 atom stereocenters. The van der Waals surface area contributed by atoms with Gasteiger partial charge in [-0.25, -0.2) is 11.3 Å². The average Bonchev–Trinajstić information content (AvgIpc) is 3.50. The van der Waals surface area contributed by atoms with E-state index in [0.717, 1.165) is 26.3 Å². The minimum absolute atomic E-state index is 0.791. The number of benzene rings is 2. The minimum Gasteiger partial charge on any atom is -0.527 e. The fraction of sp³-hybridized carbons (Fsp3) is 0.200. The van der Waals surface area contributed by atoms with Gasteiger partial charge in [0.05, 0.1) is 26.3 Å². The van der Waals surface area contributed by atoms with Crippen LogP contribution in [0.25, 0.3) is 0 Å². The molecule has 2 fully saturated rings. The second-order valence-corrected chi connectivity index (χ2v) is 8.70. The molecule has 0 bridgehead atoms. The van der Waals surface area contributed by atoms with Crippen LogP contribution in [0.5, 0.6) is 0 Å². The number of quaternary nitrogens is 2. The maximum absolute atomic E-state index is 6.40. The monoisotopic (exact) mass is 378 g/mol. The zero-order valence-electron chi connectivity index (χ0n) is 15.3. The smallest absolute Gasteiger partial charge is 0.398 e. The van der Waals surface area contributed by atoms with Crippen molar-refractivity contribution in [1.29, 1.82) is 0 Å². The molecule has 4 nitrogen and oxygen atoms in total. The Bertz CT molecular complexity index is 834. The lowest BCUT2D eigenvalue weighted by molar-refractivity contribution is -0.515. The van der Waals surface area contributed by atoms with Crippen molar-refractivity contribution < 1.29 is 19.8 Å². The van der Waals surface area contributed by atoms with Crippen LogP contribution in [0.2, 0.25) is 0 Å². The first-order chi connectivity index (χ1) is 13.3. The molecule has 0 amide bonds. The molecule has 2 aliphatic heterocycles. The van der Waals surface area contributed by atoms with Crippen molar-refractivity contribution in [3.05, 3.63) is 72.8 Å². The number of nitrogens with two attached hydrogens (primary N) is 2. The lowest BCUT2D eigenvalue weighted by atomic mass is 9.45. The second kappa shape index (κ2) is 6.93. The molecule has 0 spiro atoms. The van der Waals surface area contributed by atoms with Gasteiger partial charge < -0.3 is 19.8 Å². The number of hydrogen-bond acceptors (Lipinski definition) is 3. The predicted octanol–water partition coefficient (Wildman–Crippen LogP) is -1.95. The molecule has 138 valence electrons. The third kappa shape index (κ3) is 2.78. The highest BCUT2D eigenvalue weighted by Gasteiger charge is 2.45. The first-order valence-electron chi connectivity index (χ1n) is 9.83. The lowest BCUT2D eigenvalue weighted by Gasteiger charge is -2.32. The van der Waals surface area contributed by atoms with Crippen molar-refractivity contribution in [2.24, 2.45) is 0 Å². The molecule has 0 radical (unpaired) electrons. The van der Waals surface area contributed by atoms with Gasteiger partial charge in [-0.3, -0.25) is 0 Å². The summed E-state index contributed by atoms with van der Waals surface area (Å²) in [6.45, 7) is 1.11. The first-order valence-corrected chi connectivity index (χ1v) is 10.6. The van der Waals surface area contributed by atoms with E-state index in [1.165, 1.54) is 20.5 Å². The van der Waals surface area contributed by atoms with Gasteiger partial charge in [0.25, 0.3) is 0 Å². The Labute approximate surface area is 163 Å². The topological polar surface area (TPSA) is 51.7 Å². The highest BCUT2D eigenvalue weighted by Crippen LogP contribution is 2.11. The molecular weight excluding hydrogens is 354 g/mol. The minimum atomic E-state index is -1.24. The van der Waals surface area contributed by atoms with Crippen molar-refractivity contribution in [3.63, 3.8) is 0 Å². The van der Waals surface area contributed by atoms with Crippen LogP contribution in [-0.2, 0) is 9.31 Å². The summed E-state index contributed by atoms with van der Waals surface area (Å²) in [5.41, 5.74) is 2.53. The van der Waals surface area contributed by atoms with Crippen LogP contribution >= 0.6 is 11.3 Å². The van der Waals surface area contributed by atoms with Crippen LogP contribution in [0.15, 0.2) is 72.8 Å². The van der Waals surface area contributed by atoms with E-state index >= 15 is 0 Å². The Morgan fingerprint density at radius 2 is 1.07 bits per heavy atom. The maximum Gasteiger partial charge on any atom is 0.398 e. The van der Waals surface area contributed by atoms with Crippen molar-refractivity contribution >= 4 is 44.8 Å². The van der Waals surface area contributed by atoms with Gasteiger partial charge in [0.1, 0.15) is 0 Å². The summed E-state index contributed by atoms with van der Waals surface area (Å²) in [6, 6.07) is 25.8. The summed E-state index contributed by atoms with van der Waals surface area (Å²) < 4.78 is 15.4. The van der Waals surface area contributed by atoms with Gasteiger partial charge in [-0.2, -0.15) is 0 Å². The molecule has 4 N–H and O–H groups in total. The highest BCUT2D eigenvalue weighted by molar-refractivity contribution is 7.35. The Hall–Kier alpha value is -1.89. The Balaban J connectivity index is 1.59. The average molecular weight is 378 g/mol. The van der Waals surface area contributed by atoms with E-state index in [4.69, 9.17) is 9.31 Å². The van der Waals surface area contributed by atoms with Crippen LogP contribution in [0.3, 0.4) is 0 Å². The van der Waals surface area contributed by atoms with Crippen molar-refractivity contribution in [2.45, 2.75) is 0 Å². The van der Waals surface area contributed by atoms with Gasteiger partial charge in [0.15, 0.2) is 0 Å². The molecular formula is C20H24B2N2O2S. The Morgan fingerprint density at radius 1 is 0.630 bits per heavy atom. The van der Waals surface area contributed by atoms with Crippen molar-refractivity contribution in [1.82, 2.24) is 0 Å². The summed E-state index contributed by atoms with van der Waals surface area (Å²) in [5.74, 6) is 0. The molecule has 27 heavy (non-hydrogen) atoms. The number of hydrogen-bond donors (Lipinski definition) is 2. The van der Waals surface area contributed by atoms with Gasteiger partial charge in [-0.1, -0.05) is 82.3 Å². The fourth-order valence-corrected chi connectivity index (χ4v) is 6.24. The van der Waals surface area contributed by atoms with E-state index in [-0.39, 0.29) is 0 Å². The van der Waals surface area contributed by atoms with E-state index in [9.17, 15) is 0 Å². The standard InChI is InChI=1S/C20H24B2N2O2S/c1-3-7-17(8-4-1)21(23-13-15-25-21)19-11-12-20(27-19)22(24-14-16-26-22)18-9-5-2-6-10-18/h1-12H,13-16,23-24H2/t21-,22-/m1/s1. The summed E-state index contributed by atoms with van der Waals surface area (Å²) in [6.07, 6.45) is 0. The van der Waals surface area contributed by atoms with Gasteiger partial charge in [0.2, 0.25) is 0 Å². The fourth-order valence-electron chi connectivity index (χ4n) is 4.75. The van der Waals surface area contributed by atoms with Crippen LogP contribution in [-0.4, -0.2) is 39.3 Å². The van der Waals surface area contributed by atoms with E-state index in [1.807, 2.05) is 11.3 Å². The molecule has 0 aliphatic carbocycles. The largest absolute Gasteiger partial charge is 0.527 e. The molecule has 0 saturated carbocycles. The Morgan fingerprint density at radius 3 is 1.44 bits per heavy atom. The van der Waals surface area contributed by atoms with E-state index in [0.29, 0.717) is 0 Å². The maximum atomic E-state index is 6.40. The molecule has 5 rings (SSSR count). The Kier molecular flexibility index (Phi) is 4.42. The summed E-state index contributed by atoms with van der Waals surface area (Å²) >= 11 is 1.86. The molecule has 2 saturated heterocycles. The summed E-state index contributed by atoms with van der Waals surface area (Å²) in [4.78, 5) is 0. The van der Waals surface area contributed by atoms with Gasteiger partial charge in [-0.15, -0.1) is 10.9 Å². The van der Waals surface area contributed by atoms with Crippen LogP contribution in [0.4, 0.5) is 0 Å². The highest BCUT2D eigenvalue weighted by atomic mass is 32.1. The van der Waals surface area contributed by atoms with Gasteiger partial charge >= 0.3 is 13.0 Å². The van der Waals surface area contributed by atoms with Crippen LogP contribution in [0, 0.1) is 0 Å². The normalized spacial score (nSPS) is 27.9. The predicted molar refractivity (Wildman–Crippen MR) is 113 cm³/mol. The SMILES string of the molecule is c1ccc([B@@-]2(c3ccc([B@-]4(c5ccccc5)[NH2+]CCO4)s3)[NH2+]CCO2)cc1. The van der Waals surface area contributed by atoms with Crippen LogP contribution < -0.4 is 30.9 Å². The molecule has 3 aromatic rings. The molecule has 7 heteroatoms. The van der Waals surface area contributed by atoms with E-state index in [2.05, 4.69) is 83.3 Å². The zero-order valence-corrected chi connectivity index (χ0v) is 16.1. The van der Waals surface area contributed by atoms with E-state index in [1.54, 1.807) is 0 Å². The number of thiophene rings is 1. The number of rotatable bonds is 4. The quantitative estimate of drug-likeness (QED) is 0.519. The second-order valence-electron chi connectivity index (χ2n) is 7.55. The van der Waals surface area contributed by atoms with Crippen molar-refractivity contribution in [3.8, 4) is 0 Å². The molecule has 2 aliphatic rings. The molecule has 0 unspecified atom stereocenters. The first kappa shape index (κ1) is 17.2. The molecule has 3 heterocycles. The van der Waals surface area contributed by atoms with E-state index < -0.39 is 13.0 Å². The van der Waals surface area contributed by atoms with Gasteiger partial charge in [0, 0.05) is 0 Å². The third-order valence-electron chi connectivity index (χ3n) is 6.08. The van der Waals surface area contributed by atoms with Crippen LogP contribution in [0.1, 0.15) is 0 Å². The van der Waals surface area contributed by atoms with Crippen molar-refractivity contribution in [2.75, 3.05) is 26.3 Å². The molecule has 1 aromatic heterocycles. The van der Waals surface area contributed by atoms with Gasteiger partial charge in [-0.05, 0) is 0 Å². The summed E-state index contributed by atoms with van der Waals surface area (Å²) in [5, 5.41) is 4.76. The molecule has 2 aromatic carbocycles. The summed E-state index contributed by atoms with van der Waals surface area (Å²) in [7, 11) is 0. The third-order valence-corrected chi connectivity index (χ3v) is 7.52. The lowest BCUT2D eigenvalue weighted by Crippen LogP contribution is -3.05.